The number of piperazine rings is 1. The van der Waals surface area contributed by atoms with Gasteiger partial charge in [0.25, 0.3) is 0 Å². The number of nitrogens with zero attached hydrogens (tertiary/aromatic N) is 3. The zero-order valence-corrected chi connectivity index (χ0v) is 13.0. The smallest absolute Gasteiger partial charge is 0.123 e. The fraction of sp³-hybridized carbons (Fsp3) is 0.667. The van der Waals surface area contributed by atoms with E-state index in [1.165, 1.54) is 5.70 Å². The van der Waals surface area contributed by atoms with E-state index in [2.05, 4.69) is 41.8 Å². The highest BCUT2D eigenvalue weighted by atomic mass is 15.3. The summed E-state index contributed by atoms with van der Waals surface area (Å²) in [5.41, 5.74) is 2.26. The lowest BCUT2D eigenvalue weighted by Gasteiger charge is -2.40. The van der Waals surface area contributed by atoms with Crippen molar-refractivity contribution in [2.75, 3.05) is 26.7 Å². The van der Waals surface area contributed by atoms with Crippen LogP contribution in [0.3, 0.4) is 0 Å². The molecule has 0 aromatic carbocycles. The van der Waals surface area contributed by atoms with E-state index in [0.29, 0.717) is 5.92 Å². The minimum Gasteiger partial charge on any atom is -0.366 e. The van der Waals surface area contributed by atoms with E-state index in [0.717, 1.165) is 31.2 Å². The molecule has 0 saturated carbocycles. The van der Waals surface area contributed by atoms with Crippen molar-refractivity contribution in [3.63, 3.8) is 0 Å². The molecule has 0 N–H and O–H groups in total. The van der Waals surface area contributed by atoms with Crippen LogP contribution in [0, 0.1) is 5.92 Å². The van der Waals surface area contributed by atoms with Crippen LogP contribution in [0.15, 0.2) is 29.5 Å². The van der Waals surface area contributed by atoms with Crippen molar-refractivity contribution in [3.05, 3.63) is 24.6 Å². The van der Waals surface area contributed by atoms with Crippen LogP contribution in [0.1, 0.15) is 34.6 Å². The van der Waals surface area contributed by atoms with E-state index in [9.17, 15) is 0 Å². The lowest BCUT2D eigenvalue weighted by atomic mass is 10.1. The van der Waals surface area contributed by atoms with Crippen LogP contribution < -0.4 is 0 Å². The van der Waals surface area contributed by atoms with Crippen LogP contribution in [0.25, 0.3) is 0 Å². The predicted octanol–water partition coefficient (Wildman–Crippen LogP) is 3.36. The first kappa shape index (κ1) is 16.8. The van der Waals surface area contributed by atoms with Gasteiger partial charge in [0.2, 0.25) is 0 Å². The molecule has 0 aromatic rings. The van der Waals surface area contributed by atoms with E-state index < -0.39 is 0 Å². The van der Waals surface area contributed by atoms with Crippen molar-refractivity contribution < 1.29 is 0 Å². The largest absolute Gasteiger partial charge is 0.366 e. The van der Waals surface area contributed by atoms with Gasteiger partial charge in [0, 0.05) is 31.5 Å². The third kappa shape index (κ3) is 4.21. The first-order chi connectivity index (χ1) is 8.47. The van der Waals surface area contributed by atoms with Crippen LogP contribution in [0.4, 0.5) is 0 Å². The van der Waals surface area contributed by atoms with Crippen molar-refractivity contribution in [1.29, 1.82) is 0 Å². The van der Waals surface area contributed by atoms with E-state index in [1.807, 2.05) is 27.8 Å². The molecular formula is C15H29N3. The topological polar surface area (TPSA) is 18.8 Å². The molecule has 0 spiro atoms. The maximum atomic E-state index is 4.34. The zero-order valence-electron chi connectivity index (χ0n) is 13.0. The van der Waals surface area contributed by atoms with Crippen molar-refractivity contribution in [2.45, 2.75) is 34.6 Å². The van der Waals surface area contributed by atoms with E-state index in [4.69, 9.17) is 0 Å². The van der Waals surface area contributed by atoms with Gasteiger partial charge in [-0.15, -0.1) is 0 Å². The summed E-state index contributed by atoms with van der Waals surface area (Å²) in [5, 5.41) is 0. The average Bonchev–Trinajstić information content (AvgIpc) is 2.39. The van der Waals surface area contributed by atoms with Crippen LogP contribution in [-0.2, 0) is 0 Å². The van der Waals surface area contributed by atoms with Gasteiger partial charge < -0.3 is 9.80 Å². The standard InChI is InChI=1S/C13H23N3.C2H6/c1-10(2)12(5)15-7-8-16(11(3)4)13(9-15)14-6;1-2/h10H,3,5,7-9H2,1-2,4,6H3;1-2H3. The van der Waals surface area contributed by atoms with Gasteiger partial charge >= 0.3 is 0 Å². The number of hydrogen-bond acceptors (Lipinski definition) is 2. The van der Waals surface area contributed by atoms with Gasteiger partial charge in [0.1, 0.15) is 5.84 Å². The quantitative estimate of drug-likeness (QED) is 0.766. The summed E-state index contributed by atoms with van der Waals surface area (Å²) in [6, 6.07) is 0. The van der Waals surface area contributed by atoms with Crippen LogP contribution in [0.5, 0.6) is 0 Å². The second-order valence-electron chi connectivity index (χ2n) is 4.59. The molecule has 0 bridgehead atoms. The number of hydrogen-bond donors (Lipinski definition) is 0. The van der Waals surface area contributed by atoms with Gasteiger partial charge in [0.05, 0.1) is 6.54 Å². The molecule has 1 fully saturated rings. The molecule has 3 nitrogen and oxygen atoms in total. The summed E-state index contributed by atoms with van der Waals surface area (Å²) >= 11 is 0. The van der Waals surface area contributed by atoms with Crippen LogP contribution in [-0.4, -0.2) is 42.3 Å². The summed E-state index contributed by atoms with van der Waals surface area (Å²) in [4.78, 5) is 8.84. The first-order valence-electron chi connectivity index (χ1n) is 6.79. The molecule has 0 unspecified atom stereocenters. The SMILES string of the molecule is C=C(C(C)C)N1CCN(C(=C)C)C(=NC)C1.CC. The Balaban J connectivity index is 0.00000137. The summed E-state index contributed by atoms with van der Waals surface area (Å²) in [6.45, 7) is 21.3. The van der Waals surface area contributed by atoms with Gasteiger partial charge in [-0.1, -0.05) is 40.9 Å². The Morgan fingerprint density at radius 3 is 2.17 bits per heavy atom. The Morgan fingerprint density at radius 1 is 1.22 bits per heavy atom. The molecule has 1 heterocycles. The van der Waals surface area contributed by atoms with Crippen molar-refractivity contribution in [3.8, 4) is 0 Å². The maximum absolute atomic E-state index is 4.34. The Labute approximate surface area is 113 Å². The van der Waals surface area contributed by atoms with Crippen molar-refractivity contribution in [1.82, 2.24) is 9.80 Å². The average molecular weight is 251 g/mol. The second-order valence-corrected chi connectivity index (χ2v) is 4.59. The molecule has 0 aromatic heterocycles. The van der Waals surface area contributed by atoms with E-state index in [1.54, 1.807) is 0 Å². The highest BCUT2D eigenvalue weighted by molar-refractivity contribution is 5.86. The molecule has 3 heteroatoms. The third-order valence-corrected chi connectivity index (χ3v) is 3.03. The molecule has 0 amide bonds. The van der Waals surface area contributed by atoms with E-state index >= 15 is 0 Å². The van der Waals surface area contributed by atoms with Gasteiger partial charge in [0.15, 0.2) is 0 Å². The molecular weight excluding hydrogens is 222 g/mol. The highest BCUT2D eigenvalue weighted by Gasteiger charge is 2.23. The number of allylic oxidation sites excluding steroid dienone is 2. The Bertz CT molecular complexity index is 316. The summed E-state index contributed by atoms with van der Waals surface area (Å²) in [5.74, 6) is 1.58. The van der Waals surface area contributed by atoms with Crippen LogP contribution >= 0.6 is 0 Å². The molecule has 1 aliphatic rings. The normalized spacial score (nSPS) is 17.6. The molecule has 0 aliphatic carbocycles. The molecule has 1 aliphatic heterocycles. The van der Waals surface area contributed by atoms with Gasteiger partial charge in [-0.05, 0) is 12.8 Å². The molecule has 1 rings (SSSR count). The summed E-state index contributed by atoms with van der Waals surface area (Å²) < 4.78 is 0. The fourth-order valence-electron chi connectivity index (χ4n) is 1.90. The minimum absolute atomic E-state index is 0.495. The summed E-state index contributed by atoms with van der Waals surface area (Å²) in [7, 11) is 1.84. The molecule has 104 valence electrons. The van der Waals surface area contributed by atoms with E-state index in [-0.39, 0.29) is 0 Å². The Morgan fingerprint density at radius 2 is 1.78 bits per heavy atom. The third-order valence-electron chi connectivity index (χ3n) is 3.03. The zero-order chi connectivity index (χ0) is 14.3. The maximum Gasteiger partial charge on any atom is 0.123 e. The second kappa shape index (κ2) is 7.96. The van der Waals surface area contributed by atoms with Crippen molar-refractivity contribution >= 4 is 5.84 Å². The molecule has 0 radical (unpaired) electrons. The van der Waals surface area contributed by atoms with Gasteiger partial charge in [-0.3, -0.25) is 4.99 Å². The highest BCUT2D eigenvalue weighted by Crippen LogP contribution is 2.18. The number of aliphatic imine (C=N–C) groups is 1. The Hall–Kier alpha value is -1.25. The molecule has 1 saturated heterocycles. The monoisotopic (exact) mass is 251 g/mol. The predicted molar refractivity (Wildman–Crippen MR) is 81.8 cm³/mol. The fourth-order valence-corrected chi connectivity index (χ4v) is 1.90. The van der Waals surface area contributed by atoms with Crippen molar-refractivity contribution in [2.24, 2.45) is 10.9 Å². The van der Waals surface area contributed by atoms with Gasteiger partial charge in [-0.2, -0.15) is 0 Å². The molecule has 18 heavy (non-hydrogen) atoms. The number of rotatable bonds is 3. The number of amidine groups is 1. The van der Waals surface area contributed by atoms with Crippen LogP contribution in [0.2, 0.25) is 0 Å². The lowest BCUT2D eigenvalue weighted by Crippen LogP contribution is -2.49. The summed E-state index contributed by atoms with van der Waals surface area (Å²) in [6.07, 6.45) is 0. The molecule has 0 atom stereocenters. The minimum atomic E-state index is 0.495. The lowest BCUT2D eigenvalue weighted by molar-refractivity contribution is 0.280. The van der Waals surface area contributed by atoms with Gasteiger partial charge in [-0.25, -0.2) is 0 Å². The first-order valence-corrected chi connectivity index (χ1v) is 6.79. The Kier molecular flexibility index (Phi) is 7.41.